The molecular formula is C13H27N3O. The number of amides is 1. The van der Waals surface area contributed by atoms with E-state index in [1.165, 1.54) is 6.42 Å². The first-order valence-corrected chi connectivity index (χ1v) is 6.77. The summed E-state index contributed by atoms with van der Waals surface area (Å²) in [7, 11) is 1.99. The summed E-state index contributed by atoms with van der Waals surface area (Å²) in [6.45, 7) is 9.29. The Morgan fingerprint density at radius 2 is 2.18 bits per heavy atom. The maximum atomic E-state index is 12.0. The zero-order valence-corrected chi connectivity index (χ0v) is 11.6. The lowest BCUT2D eigenvalue weighted by molar-refractivity contribution is -0.126. The van der Waals surface area contributed by atoms with Gasteiger partial charge in [-0.3, -0.25) is 9.69 Å². The van der Waals surface area contributed by atoms with Crippen LogP contribution in [0, 0.1) is 5.92 Å². The van der Waals surface area contributed by atoms with Gasteiger partial charge >= 0.3 is 0 Å². The lowest BCUT2D eigenvalue weighted by atomic mass is 10.1. The quantitative estimate of drug-likeness (QED) is 0.724. The summed E-state index contributed by atoms with van der Waals surface area (Å²) in [6.07, 6.45) is 2.18. The fourth-order valence-electron chi connectivity index (χ4n) is 2.30. The normalized spacial score (nSPS) is 24.6. The molecule has 0 spiro atoms. The second-order valence-corrected chi connectivity index (χ2v) is 5.20. The van der Waals surface area contributed by atoms with Crippen LogP contribution in [-0.2, 0) is 4.79 Å². The van der Waals surface area contributed by atoms with Gasteiger partial charge in [-0.15, -0.1) is 0 Å². The molecule has 2 N–H and O–H groups in total. The predicted molar refractivity (Wildman–Crippen MR) is 71.0 cm³/mol. The van der Waals surface area contributed by atoms with Gasteiger partial charge in [0.15, 0.2) is 0 Å². The van der Waals surface area contributed by atoms with E-state index in [0.29, 0.717) is 5.92 Å². The van der Waals surface area contributed by atoms with Gasteiger partial charge in [-0.25, -0.2) is 0 Å². The highest BCUT2D eigenvalue weighted by molar-refractivity contribution is 5.81. The topological polar surface area (TPSA) is 44.4 Å². The number of hydrogen-bond acceptors (Lipinski definition) is 3. The van der Waals surface area contributed by atoms with Crippen molar-refractivity contribution in [3.05, 3.63) is 0 Å². The lowest BCUT2D eigenvalue weighted by Gasteiger charge is -2.25. The minimum atomic E-state index is 0.00542. The summed E-state index contributed by atoms with van der Waals surface area (Å²) in [5.41, 5.74) is 0. The molecule has 100 valence electrons. The number of likely N-dealkylation sites (tertiary alicyclic amines) is 1. The monoisotopic (exact) mass is 241 g/mol. The van der Waals surface area contributed by atoms with Crippen LogP contribution in [0.3, 0.4) is 0 Å². The molecule has 1 rings (SSSR count). The molecule has 4 nitrogen and oxygen atoms in total. The highest BCUT2D eigenvalue weighted by Crippen LogP contribution is 2.18. The Bertz CT molecular complexity index is 245. The Kier molecular flexibility index (Phi) is 5.92. The molecule has 0 bridgehead atoms. The molecule has 1 aliphatic rings. The molecule has 0 aromatic rings. The maximum Gasteiger partial charge on any atom is 0.237 e. The summed E-state index contributed by atoms with van der Waals surface area (Å²) in [6, 6.07) is 0.284. The van der Waals surface area contributed by atoms with Crippen molar-refractivity contribution in [2.45, 2.75) is 45.7 Å². The van der Waals surface area contributed by atoms with E-state index in [1.54, 1.807) is 0 Å². The van der Waals surface area contributed by atoms with E-state index in [4.69, 9.17) is 0 Å². The summed E-state index contributed by atoms with van der Waals surface area (Å²) in [5, 5.41) is 6.27. The minimum absolute atomic E-state index is 0.00542. The molecule has 17 heavy (non-hydrogen) atoms. The molecule has 0 aromatic heterocycles. The van der Waals surface area contributed by atoms with Crippen LogP contribution >= 0.6 is 0 Å². The molecule has 1 fully saturated rings. The van der Waals surface area contributed by atoms with Crippen molar-refractivity contribution >= 4 is 5.91 Å². The van der Waals surface area contributed by atoms with Crippen molar-refractivity contribution in [2.24, 2.45) is 5.92 Å². The van der Waals surface area contributed by atoms with E-state index in [0.717, 1.165) is 26.1 Å². The van der Waals surface area contributed by atoms with Gasteiger partial charge < -0.3 is 10.6 Å². The SMILES string of the molecule is CCC(C)NC(=O)C(C)N1CCC(CNC)C1. The molecule has 1 saturated heterocycles. The molecule has 1 heterocycles. The molecule has 0 aliphatic carbocycles. The van der Waals surface area contributed by atoms with Crippen LogP contribution in [0.4, 0.5) is 0 Å². The molecule has 0 saturated carbocycles. The Balaban J connectivity index is 2.37. The van der Waals surface area contributed by atoms with Crippen LogP contribution in [0.1, 0.15) is 33.6 Å². The number of carbonyl (C=O) groups is 1. The van der Waals surface area contributed by atoms with Gasteiger partial charge in [-0.2, -0.15) is 0 Å². The van der Waals surface area contributed by atoms with Gasteiger partial charge in [0.2, 0.25) is 5.91 Å². The van der Waals surface area contributed by atoms with E-state index in [2.05, 4.69) is 29.4 Å². The Labute approximate surface area is 105 Å². The molecule has 0 aromatic carbocycles. The smallest absolute Gasteiger partial charge is 0.237 e. The van der Waals surface area contributed by atoms with Crippen molar-refractivity contribution < 1.29 is 4.79 Å². The molecule has 0 radical (unpaired) electrons. The van der Waals surface area contributed by atoms with Crippen molar-refractivity contribution in [2.75, 3.05) is 26.7 Å². The van der Waals surface area contributed by atoms with Crippen molar-refractivity contribution in [3.8, 4) is 0 Å². The van der Waals surface area contributed by atoms with Crippen LogP contribution in [0.2, 0.25) is 0 Å². The highest BCUT2D eigenvalue weighted by atomic mass is 16.2. The van der Waals surface area contributed by atoms with Crippen LogP contribution in [0.5, 0.6) is 0 Å². The van der Waals surface area contributed by atoms with Crippen molar-refractivity contribution in [3.63, 3.8) is 0 Å². The van der Waals surface area contributed by atoms with E-state index < -0.39 is 0 Å². The van der Waals surface area contributed by atoms with Gasteiger partial charge in [-0.1, -0.05) is 6.92 Å². The van der Waals surface area contributed by atoms with Gasteiger partial charge in [0.25, 0.3) is 0 Å². The largest absolute Gasteiger partial charge is 0.352 e. The summed E-state index contributed by atoms with van der Waals surface area (Å²) in [4.78, 5) is 14.3. The van der Waals surface area contributed by atoms with Crippen molar-refractivity contribution in [1.82, 2.24) is 15.5 Å². The van der Waals surface area contributed by atoms with Gasteiger partial charge in [0, 0.05) is 12.6 Å². The first-order chi connectivity index (χ1) is 8.08. The van der Waals surface area contributed by atoms with Crippen LogP contribution < -0.4 is 10.6 Å². The molecule has 4 heteroatoms. The Hall–Kier alpha value is -0.610. The Morgan fingerprint density at radius 3 is 2.76 bits per heavy atom. The number of nitrogens with zero attached hydrogens (tertiary/aromatic N) is 1. The molecule has 1 amide bonds. The summed E-state index contributed by atoms with van der Waals surface area (Å²) < 4.78 is 0. The molecule has 3 atom stereocenters. The molecular weight excluding hydrogens is 214 g/mol. The average Bonchev–Trinajstić information content (AvgIpc) is 2.76. The van der Waals surface area contributed by atoms with E-state index in [-0.39, 0.29) is 18.0 Å². The molecule has 3 unspecified atom stereocenters. The predicted octanol–water partition coefficient (Wildman–Crippen LogP) is 0.831. The van der Waals surface area contributed by atoms with Crippen LogP contribution in [-0.4, -0.2) is 49.6 Å². The second-order valence-electron chi connectivity index (χ2n) is 5.20. The first kappa shape index (κ1) is 14.5. The Morgan fingerprint density at radius 1 is 1.47 bits per heavy atom. The number of nitrogens with one attached hydrogen (secondary N) is 2. The van der Waals surface area contributed by atoms with E-state index in [1.807, 2.05) is 14.0 Å². The maximum absolute atomic E-state index is 12.0. The molecule has 1 aliphatic heterocycles. The van der Waals surface area contributed by atoms with Crippen LogP contribution in [0.25, 0.3) is 0 Å². The van der Waals surface area contributed by atoms with Crippen LogP contribution in [0.15, 0.2) is 0 Å². The lowest BCUT2D eigenvalue weighted by Crippen LogP contribution is -2.46. The van der Waals surface area contributed by atoms with Crippen molar-refractivity contribution in [1.29, 1.82) is 0 Å². The zero-order chi connectivity index (χ0) is 12.8. The fourth-order valence-corrected chi connectivity index (χ4v) is 2.30. The summed E-state index contributed by atoms with van der Waals surface area (Å²) >= 11 is 0. The van der Waals surface area contributed by atoms with Gasteiger partial charge in [-0.05, 0) is 52.7 Å². The first-order valence-electron chi connectivity index (χ1n) is 6.77. The minimum Gasteiger partial charge on any atom is -0.352 e. The second kappa shape index (κ2) is 6.97. The number of hydrogen-bond donors (Lipinski definition) is 2. The van der Waals surface area contributed by atoms with E-state index >= 15 is 0 Å². The van der Waals surface area contributed by atoms with Gasteiger partial charge in [0.1, 0.15) is 0 Å². The third-order valence-electron chi connectivity index (χ3n) is 3.74. The zero-order valence-electron chi connectivity index (χ0n) is 11.6. The third-order valence-corrected chi connectivity index (χ3v) is 3.74. The van der Waals surface area contributed by atoms with E-state index in [9.17, 15) is 4.79 Å². The number of carbonyl (C=O) groups excluding carboxylic acids is 1. The summed E-state index contributed by atoms with van der Waals surface area (Å²) in [5.74, 6) is 0.864. The standard InChI is InChI=1S/C13H27N3O/c1-5-10(2)15-13(17)11(3)16-7-6-12(9-16)8-14-4/h10-12,14H,5-9H2,1-4H3,(H,15,17). The van der Waals surface area contributed by atoms with Gasteiger partial charge in [0.05, 0.1) is 6.04 Å². The average molecular weight is 241 g/mol. The highest BCUT2D eigenvalue weighted by Gasteiger charge is 2.29. The number of rotatable bonds is 6. The third kappa shape index (κ3) is 4.28. The fraction of sp³-hybridized carbons (Fsp3) is 0.923.